The minimum Gasteiger partial charge on any atom is -0.497 e. The molecule has 4 aromatic rings. The minimum absolute atomic E-state index is 0.0238. The largest absolute Gasteiger partial charge is 0.497 e. The third-order valence-electron chi connectivity index (χ3n) is 5.64. The SMILES string of the molecule is CCOC(=O)c1cc2c(=O)n3cccc(C)c3nc2n(CCOC)c1=NC(=O)c1cccc(OC)c1. The Labute approximate surface area is 206 Å². The van der Waals surface area contributed by atoms with E-state index in [-0.39, 0.29) is 53.0 Å². The van der Waals surface area contributed by atoms with Crippen LogP contribution in [0.15, 0.2) is 58.4 Å². The number of rotatable bonds is 7. The number of carbonyl (C=O) groups is 2. The first kappa shape index (κ1) is 24.8. The summed E-state index contributed by atoms with van der Waals surface area (Å²) in [6.07, 6.45) is 1.62. The van der Waals surface area contributed by atoms with E-state index in [1.165, 1.54) is 24.7 Å². The van der Waals surface area contributed by atoms with Crippen molar-refractivity contribution < 1.29 is 23.8 Å². The van der Waals surface area contributed by atoms with Gasteiger partial charge in [0.05, 0.1) is 25.7 Å². The molecule has 0 radical (unpaired) electrons. The van der Waals surface area contributed by atoms with Gasteiger partial charge >= 0.3 is 5.97 Å². The van der Waals surface area contributed by atoms with Crippen LogP contribution in [-0.2, 0) is 16.0 Å². The van der Waals surface area contributed by atoms with Crippen molar-refractivity contribution in [1.29, 1.82) is 0 Å². The summed E-state index contributed by atoms with van der Waals surface area (Å²) in [4.78, 5) is 48.7. The van der Waals surface area contributed by atoms with Crippen molar-refractivity contribution in [3.8, 4) is 5.75 Å². The van der Waals surface area contributed by atoms with E-state index < -0.39 is 11.9 Å². The summed E-state index contributed by atoms with van der Waals surface area (Å²) in [5.74, 6) is -0.820. The maximum Gasteiger partial charge on any atom is 0.341 e. The van der Waals surface area contributed by atoms with Crippen LogP contribution >= 0.6 is 0 Å². The first-order chi connectivity index (χ1) is 17.4. The Hall–Kier alpha value is -4.31. The van der Waals surface area contributed by atoms with Crippen molar-refractivity contribution in [3.05, 3.63) is 81.2 Å². The van der Waals surface area contributed by atoms with Crippen LogP contribution < -0.4 is 15.8 Å². The van der Waals surface area contributed by atoms with Crippen molar-refractivity contribution >= 4 is 28.6 Å². The zero-order valence-electron chi connectivity index (χ0n) is 20.5. The summed E-state index contributed by atoms with van der Waals surface area (Å²) in [7, 11) is 3.02. The molecule has 1 amide bonds. The summed E-state index contributed by atoms with van der Waals surface area (Å²) in [6, 6.07) is 11.5. The van der Waals surface area contributed by atoms with E-state index in [2.05, 4.69) is 4.99 Å². The van der Waals surface area contributed by atoms with E-state index in [0.29, 0.717) is 11.4 Å². The number of carbonyl (C=O) groups excluding carboxylic acids is 2. The Morgan fingerprint density at radius 3 is 2.61 bits per heavy atom. The summed E-state index contributed by atoms with van der Waals surface area (Å²) in [6.45, 7) is 4.02. The zero-order valence-corrected chi connectivity index (χ0v) is 20.5. The average Bonchev–Trinajstić information content (AvgIpc) is 2.88. The number of hydrogen-bond donors (Lipinski definition) is 0. The number of pyridine rings is 2. The van der Waals surface area contributed by atoms with Crippen LogP contribution in [0.2, 0.25) is 0 Å². The van der Waals surface area contributed by atoms with Gasteiger partial charge in [-0.2, -0.15) is 4.99 Å². The first-order valence-corrected chi connectivity index (χ1v) is 11.3. The number of amides is 1. The molecule has 10 nitrogen and oxygen atoms in total. The highest BCUT2D eigenvalue weighted by atomic mass is 16.5. The highest BCUT2D eigenvalue weighted by Gasteiger charge is 2.20. The van der Waals surface area contributed by atoms with E-state index in [0.717, 1.165) is 5.56 Å². The molecule has 0 N–H and O–H groups in total. The number of fused-ring (bicyclic) bond motifs is 2. The van der Waals surface area contributed by atoms with Crippen LogP contribution in [0.25, 0.3) is 16.7 Å². The summed E-state index contributed by atoms with van der Waals surface area (Å²) in [5, 5.41) is 0.185. The van der Waals surface area contributed by atoms with Gasteiger partial charge in [0.2, 0.25) is 0 Å². The molecule has 36 heavy (non-hydrogen) atoms. The lowest BCUT2D eigenvalue weighted by Crippen LogP contribution is -2.33. The predicted octanol–water partition coefficient (Wildman–Crippen LogP) is 2.53. The van der Waals surface area contributed by atoms with Gasteiger partial charge in [-0.25, -0.2) is 9.78 Å². The van der Waals surface area contributed by atoms with E-state index in [1.54, 1.807) is 48.0 Å². The van der Waals surface area contributed by atoms with Gasteiger partial charge in [0, 0.05) is 25.4 Å². The van der Waals surface area contributed by atoms with Gasteiger partial charge in [-0.1, -0.05) is 12.1 Å². The van der Waals surface area contributed by atoms with Crippen molar-refractivity contribution in [1.82, 2.24) is 14.0 Å². The maximum absolute atomic E-state index is 13.4. The fourth-order valence-corrected chi connectivity index (χ4v) is 3.88. The van der Waals surface area contributed by atoms with E-state index in [1.807, 2.05) is 13.0 Å². The van der Waals surface area contributed by atoms with Crippen LogP contribution in [0, 0.1) is 6.92 Å². The second kappa shape index (κ2) is 10.5. The quantitative estimate of drug-likeness (QED) is 0.289. The lowest BCUT2D eigenvalue weighted by molar-refractivity contribution is 0.0523. The summed E-state index contributed by atoms with van der Waals surface area (Å²) >= 11 is 0. The number of benzene rings is 1. The van der Waals surface area contributed by atoms with Crippen LogP contribution in [0.3, 0.4) is 0 Å². The number of methoxy groups -OCH3 is 2. The van der Waals surface area contributed by atoms with Crippen molar-refractivity contribution in [2.24, 2.45) is 4.99 Å². The van der Waals surface area contributed by atoms with Crippen LogP contribution in [0.1, 0.15) is 33.2 Å². The predicted molar refractivity (Wildman–Crippen MR) is 132 cm³/mol. The van der Waals surface area contributed by atoms with Crippen LogP contribution in [0.5, 0.6) is 5.75 Å². The van der Waals surface area contributed by atoms with Crippen molar-refractivity contribution in [2.75, 3.05) is 27.4 Å². The van der Waals surface area contributed by atoms with Gasteiger partial charge in [0.25, 0.3) is 11.5 Å². The molecule has 0 atom stereocenters. The number of aromatic nitrogens is 3. The third-order valence-corrected chi connectivity index (χ3v) is 5.64. The number of ether oxygens (including phenoxy) is 3. The van der Waals surface area contributed by atoms with E-state index >= 15 is 0 Å². The lowest BCUT2D eigenvalue weighted by atomic mass is 10.2. The van der Waals surface area contributed by atoms with Gasteiger partial charge in [-0.15, -0.1) is 0 Å². The molecule has 0 fully saturated rings. The fourth-order valence-electron chi connectivity index (χ4n) is 3.88. The molecule has 3 heterocycles. The molecule has 3 aromatic heterocycles. The Balaban J connectivity index is 2.12. The Morgan fingerprint density at radius 1 is 1.08 bits per heavy atom. The standard InChI is InChI=1S/C26H26N4O6/c1-5-36-26(33)20-15-19-22(27-21-16(2)8-7-11-30(21)25(19)32)29(12-13-34-3)23(20)28-24(31)17-9-6-10-18(14-17)35-4/h6-11,14-15H,5,12-13H2,1-4H3. The average molecular weight is 491 g/mol. The molecule has 0 spiro atoms. The molecule has 0 aliphatic rings. The maximum atomic E-state index is 13.4. The van der Waals surface area contributed by atoms with Gasteiger partial charge in [-0.3, -0.25) is 14.0 Å². The third kappa shape index (κ3) is 4.63. The molecule has 1 aromatic carbocycles. The Bertz CT molecular complexity index is 1600. The molecule has 0 saturated heterocycles. The second-order valence-electron chi connectivity index (χ2n) is 7.93. The first-order valence-electron chi connectivity index (χ1n) is 11.3. The molecule has 10 heteroatoms. The van der Waals surface area contributed by atoms with E-state index in [9.17, 15) is 14.4 Å². The van der Waals surface area contributed by atoms with Crippen molar-refractivity contribution in [3.63, 3.8) is 0 Å². The molecule has 186 valence electrons. The van der Waals surface area contributed by atoms with Crippen molar-refractivity contribution in [2.45, 2.75) is 20.4 Å². The zero-order chi connectivity index (χ0) is 25.8. The molecule has 0 saturated carbocycles. The van der Waals surface area contributed by atoms with Crippen LogP contribution in [-0.4, -0.2) is 53.3 Å². The monoisotopic (exact) mass is 490 g/mol. The topological polar surface area (TPSA) is 113 Å². The molecule has 0 aliphatic heterocycles. The number of hydrogen-bond acceptors (Lipinski definition) is 7. The second-order valence-corrected chi connectivity index (χ2v) is 7.93. The molecule has 4 rings (SSSR count). The number of esters is 1. The minimum atomic E-state index is -0.712. The Kier molecular flexibility index (Phi) is 7.25. The summed E-state index contributed by atoms with van der Waals surface area (Å²) < 4.78 is 18.7. The van der Waals surface area contributed by atoms with Gasteiger partial charge in [-0.05, 0) is 49.7 Å². The normalized spacial score (nSPS) is 11.7. The molecular weight excluding hydrogens is 464 g/mol. The van der Waals surface area contributed by atoms with Crippen LogP contribution in [0.4, 0.5) is 0 Å². The molecular formula is C26H26N4O6. The fraction of sp³-hybridized carbons (Fsp3) is 0.269. The highest BCUT2D eigenvalue weighted by molar-refractivity contribution is 5.97. The van der Waals surface area contributed by atoms with Gasteiger partial charge < -0.3 is 18.8 Å². The highest BCUT2D eigenvalue weighted by Crippen LogP contribution is 2.15. The summed E-state index contributed by atoms with van der Waals surface area (Å²) in [5.41, 5.74) is 1.42. The smallest absolute Gasteiger partial charge is 0.341 e. The molecule has 0 aliphatic carbocycles. The number of nitrogens with zero attached hydrogens (tertiary/aromatic N) is 4. The van der Waals surface area contributed by atoms with Gasteiger partial charge in [0.1, 0.15) is 22.6 Å². The molecule has 0 unspecified atom stereocenters. The number of aryl methyl sites for hydroxylation is 1. The lowest BCUT2D eigenvalue weighted by Gasteiger charge is -2.15. The Morgan fingerprint density at radius 2 is 1.89 bits per heavy atom. The molecule has 0 bridgehead atoms. The van der Waals surface area contributed by atoms with Gasteiger partial charge in [0.15, 0.2) is 5.49 Å². The van der Waals surface area contributed by atoms with E-state index in [4.69, 9.17) is 19.2 Å².